The number of nitrogens with one attached hydrogen (secondary N) is 2. The maximum absolute atomic E-state index is 11.4. The van der Waals surface area contributed by atoms with Crippen molar-refractivity contribution >= 4 is 114 Å². The molecule has 0 fully saturated rings. The number of Topliss-reactive ketones (excluding diaryl/α,β-unsaturated/α-hetero) is 1. The van der Waals surface area contributed by atoms with E-state index >= 15 is 0 Å². The average Bonchev–Trinajstić information content (AvgIpc) is 1.64. The van der Waals surface area contributed by atoms with Crippen LogP contribution >= 0.6 is 0 Å². The molecule has 14 rings (SSSR count). The van der Waals surface area contributed by atoms with Crippen LogP contribution in [0.1, 0.15) is 169 Å². The highest BCUT2D eigenvalue weighted by Crippen LogP contribution is 2.28. The Kier molecular flexibility index (Phi) is 22.3. The zero-order valence-electron chi connectivity index (χ0n) is 56.8. The van der Waals surface area contributed by atoms with E-state index in [-0.39, 0.29) is 52.4 Å². The van der Waals surface area contributed by atoms with Gasteiger partial charge < -0.3 is 56.2 Å². The second kappa shape index (κ2) is 30.4. The first-order valence-corrected chi connectivity index (χ1v) is 31.1. The molecule has 0 saturated carbocycles. The predicted molar refractivity (Wildman–Crippen MR) is 372 cm³/mol. The van der Waals surface area contributed by atoms with Crippen LogP contribution < -0.4 is 44.5 Å². The number of aliphatic imine (C=N–C) groups is 1. The number of nitrogen functional groups attached to an aromatic ring is 5. The van der Waals surface area contributed by atoms with Crippen LogP contribution in [0.3, 0.4) is 0 Å². The Bertz CT molecular complexity index is 4650. The number of imidazole rings is 4. The summed E-state index contributed by atoms with van der Waals surface area (Å²) in [5.74, 6) is 2.23. The van der Waals surface area contributed by atoms with E-state index in [1.54, 1.807) is 76.2 Å². The standard InChI is InChI=1S/C11H16N4O.C10H13N3.C9H12N4.C9H11N3O.C8H11N5O.C8H11N5.C7H10N6O/c1-5-16-11-9-10(13-8(4)14-11)15(6-12-9)7(2)3;1-7(2)13-6-4-8-9(11)3-5-12-10(8)13;1-6(2)13-5-12-8-7(10)3-4-11-9(8)13;1-6(2)12-5-11-8-7(13)3-4-10-9(8)12;1-4(2)13-3-10-5-6(13)11-8(9)12-7(5)14;1-5(2)13-8-7(11-12-13)6(9)3-4-10-8;1-3(2)13-5-4(11-12-13)6(14)10-7(8)9-5/h6-7H,5H2,1-4H3;3-7H,1-2H3,(H2,11,12);3-6H,1-2H3,(H2,10,11);4-6H,3H2,1-2H3;3-4H,1-2H3,(H3,9,11,12,14);3-5H,1-2H3,(H2,9,10);3H,1-2H3,(H3,8,9,10,14). The number of ether oxygens (including phenoxy) is 1. The average molecular weight is 1310 g/mol. The minimum atomic E-state index is -0.362. The van der Waals surface area contributed by atoms with Gasteiger partial charge in [0.1, 0.15) is 17.0 Å². The Morgan fingerprint density at radius 1 is 0.469 bits per heavy atom. The highest BCUT2D eigenvalue weighted by Gasteiger charge is 2.22. The molecule has 34 nitrogen and oxygen atoms in total. The number of anilines is 5. The second-order valence-corrected chi connectivity index (χ2v) is 23.9. The SMILES string of the molecule is CC(C)n1ccc2c(N)ccnc21.CC(C)n1cnc2c(=O)[nH]c(N)nc21.CC(C)n1cnc2c(N)ccnc21.CC(C)n1cnc2c1N=CCC2=O.CC(C)n1nnc2c(=O)[nH]c(N)nc21.CC(C)n1nnc2c(N)ccnc21.CCOc1nc(C)nc2c1ncn2C(C)C. The number of carbonyl (C=O) groups excluding carboxylic acids is 1. The van der Waals surface area contributed by atoms with Crippen molar-refractivity contribution in [1.29, 1.82) is 0 Å². The normalized spacial score (nSPS) is 11.8. The molecule has 0 radical (unpaired) electrons. The van der Waals surface area contributed by atoms with Gasteiger partial charge in [0.15, 0.2) is 67.6 Å². The Morgan fingerprint density at radius 2 is 0.938 bits per heavy atom. The number of aromatic nitrogens is 24. The molecule has 506 valence electrons. The molecular weight excluding hydrogens is 1230 g/mol. The van der Waals surface area contributed by atoms with Gasteiger partial charge in [-0.3, -0.25) is 24.4 Å². The molecule has 34 heteroatoms. The molecule has 13 aromatic heterocycles. The number of ketones is 1. The summed E-state index contributed by atoms with van der Waals surface area (Å²) in [6.45, 7) is 33.0. The molecule has 0 aromatic carbocycles. The molecule has 0 bridgehead atoms. The van der Waals surface area contributed by atoms with E-state index in [0.717, 1.165) is 44.7 Å². The van der Waals surface area contributed by atoms with E-state index in [2.05, 4.69) is 137 Å². The third-order valence-electron chi connectivity index (χ3n) is 14.4. The predicted octanol–water partition coefficient (Wildman–Crippen LogP) is 8.61. The maximum Gasteiger partial charge on any atom is 0.282 e. The molecule has 0 saturated heterocycles. The third kappa shape index (κ3) is 15.7. The van der Waals surface area contributed by atoms with Gasteiger partial charge >= 0.3 is 0 Å². The summed E-state index contributed by atoms with van der Waals surface area (Å²) in [5.41, 5.74) is 37.2. The van der Waals surface area contributed by atoms with Crippen LogP contribution in [0.25, 0.3) is 66.9 Å². The number of aromatic amines is 2. The fourth-order valence-corrected chi connectivity index (χ4v) is 9.54. The van der Waals surface area contributed by atoms with Crippen LogP contribution in [0.5, 0.6) is 5.88 Å². The van der Waals surface area contributed by atoms with Crippen LogP contribution in [0.4, 0.5) is 34.8 Å². The zero-order valence-corrected chi connectivity index (χ0v) is 56.8. The van der Waals surface area contributed by atoms with Gasteiger partial charge in [-0.15, -0.1) is 10.2 Å². The largest absolute Gasteiger partial charge is 0.476 e. The molecule has 13 aromatic rings. The number of aryl methyl sites for hydroxylation is 1. The lowest BCUT2D eigenvalue weighted by Gasteiger charge is -2.10. The summed E-state index contributed by atoms with van der Waals surface area (Å²) in [7, 11) is 0. The maximum atomic E-state index is 11.4. The highest BCUT2D eigenvalue weighted by molar-refractivity contribution is 6.08. The third-order valence-corrected chi connectivity index (χ3v) is 14.4. The van der Waals surface area contributed by atoms with E-state index in [1.807, 2.05) is 101 Å². The van der Waals surface area contributed by atoms with Gasteiger partial charge in [-0.05, 0) is 135 Å². The lowest BCUT2D eigenvalue weighted by Crippen LogP contribution is -2.12. The van der Waals surface area contributed by atoms with Crippen LogP contribution in [0.2, 0.25) is 0 Å². The van der Waals surface area contributed by atoms with Gasteiger partial charge in [0.05, 0.1) is 55.4 Å². The van der Waals surface area contributed by atoms with Crippen molar-refractivity contribution in [1.82, 2.24) is 118 Å². The number of nitrogens with two attached hydrogens (primary N) is 5. The Morgan fingerprint density at radius 3 is 1.51 bits per heavy atom. The lowest BCUT2D eigenvalue weighted by molar-refractivity contribution is 0.0996. The number of pyridine rings is 3. The monoisotopic (exact) mass is 1310 g/mol. The van der Waals surface area contributed by atoms with Gasteiger partial charge in [0.25, 0.3) is 11.1 Å². The number of rotatable bonds is 9. The van der Waals surface area contributed by atoms with Crippen molar-refractivity contribution in [2.75, 3.05) is 35.3 Å². The number of nitrogens with zero attached hydrogens (tertiary/aromatic N) is 23. The summed E-state index contributed by atoms with van der Waals surface area (Å²) in [6, 6.07) is 9.27. The van der Waals surface area contributed by atoms with Crippen molar-refractivity contribution in [3.63, 3.8) is 0 Å². The molecule has 0 aliphatic carbocycles. The molecule has 0 atom stereocenters. The fraction of sp³-hybridized carbons (Fsp3) is 0.403. The molecule has 0 spiro atoms. The van der Waals surface area contributed by atoms with E-state index in [1.165, 1.54) is 0 Å². The molecule has 12 N–H and O–H groups in total. The van der Waals surface area contributed by atoms with Gasteiger partial charge in [0, 0.05) is 78.7 Å². The minimum Gasteiger partial charge on any atom is -0.476 e. The summed E-state index contributed by atoms with van der Waals surface area (Å²) in [5, 5.41) is 16.5. The Hall–Kier alpha value is -11.6. The van der Waals surface area contributed by atoms with E-state index in [4.69, 9.17) is 33.4 Å². The number of carbonyl (C=O) groups is 1. The Balaban J connectivity index is 0.000000143. The highest BCUT2D eigenvalue weighted by atomic mass is 16.5. The quantitative estimate of drug-likeness (QED) is 0.0710. The molecule has 0 unspecified atom stereocenters. The van der Waals surface area contributed by atoms with Crippen molar-refractivity contribution in [3.8, 4) is 5.88 Å². The Labute approximate surface area is 550 Å². The smallest absolute Gasteiger partial charge is 0.282 e. The zero-order chi connectivity index (χ0) is 70.0. The molecule has 1 aliphatic rings. The van der Waals surface area contributed by atoms with Gasteiger partial charge in [0.2, 0.25) is 17.8 Å². The van der Waals surface area contributed by atoms with Crippen molar-refractivity contribution in [2.45, 2.75) is 159 Å². The molecule has 0 amide bonds. The molecular formula is C62H84N30O4. The summed E-state index contributed by atoms with van der Waals surface area (Å²) >= 11 is 0. The summed E-state index contributed by atoms with van der Waals surface area (Å²) in [6.07, 6.45) is 16.0. The topological polar surface area (TPSA) is 462 Å². The molecule has 14 heterocycles. The first-order valence-electron chi connectivity index (χ1n) is 31.1. The van der Waals surface area contributed by atoms with E-state index < -0.39 is 0 Å². The van der Waals surface area contributed by atoms with E-state index in [9.17, 15) is 14.4 Å². The van der Waals surface area contributed by atoms with Crippen molar-refractivity contribution in [3.05, 3.63) is 107 Å². The van der Waals surface area contributed by atoms with Gasteiger partial charge in [-0.1, -0.05) is 10.4 Å². The summed E-state index contributed by atoms with van der Waals surface area (Å²) in [4.78, 5) is 89.0. The van der Waals surface area contributed by atoms with Crippen molar-refractivity contribution in [2.24, 2.45) is 4.99 Å². The summed E-state index contributed by atoms with van der Waals surface area (Å²) < 4.78 is 18.6. The number of hydrogen-bond acceptors (Lipinski definition) is 25. The number of hydrogen-bond donors (Lipinski definition) is 7. The van der Waals surface area contributed by atoms with Crippen LogP contribution in [-0.4, -0.2) is 136 Å². The lowest BCUT2D eigenvalue weighted by atomic mass is 10.2. The first kappa shape index (κ1) is 70.3. The van der Waals surface area contributed by atoms with Gasteiger partial charge in [-0.2, -0.15) is 15.0 Å². The second-order valence-electron chi connectivity index (χ2n) is 23.9. The first-order chi connectivity index (χ1) is 45.6. The van der Waals surface area contributed by atoms with Crippen LogP contribution in [0.15, 0.2) is 88.9 Å². The van der Waals surface area contributed by atoms with E-state index in [0.29, 0.717) is 94.1 Å². The van der Waals surface area contributed by atoms with Crippen molar-refractivity contribution < 1.29 is 9.53 Å². The number of H-pyrrole nitrogens is 2. The minimum absolute atomic E-state index is 0.0596. The van der Waals surface area contributed by atoms with Gasteiger partial charge in [-0.25, -0.2) is 54.2 Å². The fourth-order valence-electron chi connectivity index (χ4n) is 9.54. The van der Waals surface area contributed by atoms with Crippen LogP contribution in [-0.2, 0) is 0 Å². The number of fused-ring (bicyclic) bond motifs is 7. The molecule has 1 aliphatic heterocycles. The van der Waals surface area contributed by atoms with Crippen LogP contribution in [0, 0.1) is 6.92 Å². The molecule has 96 heavy (non-hydrogen) atoms.